The van der Waals surface area contributed by atoms with Gasteiger partial charge in [0.05, 0.1) is 13.2 Å². The van der Waals surface area contributed by atoms with Crippen LogP contribution in [0.2, 0.25) is 0 Å². The van der Waals surface area contributed by atoms with Gasteiger partial charge in [0.25, 0.3) is 0 Å². The van der Waals surface area contributed by atoms with Crippen molar-refractivity contribution in [3.8, 4) is 0 Å². The molecule has 0 atom stereocenters. The normalized spacial score (nSPS) is 17.1. The molecule has 0 unspecified atom stereocenters. The van der Waals surface area contributed by atoms with Crippen LogP contribution in [0, 0.1) is 5.41 Å². The fraction of sp³-hybridized carbons (Fsp3) is 0.500. The number of benzene rings is 1. The molecule has 1 heterocycles. The number of hydrogen-bond donors (Lipinski definition) is 1. The predicted molar refractivity (Wildman–Crippen MR) is 71.5 cm³/mol. The third-order valence-corrected chi connectivity index (χ3v) is 3.64. The van der Waals surface area contributed by atoms with Crippen molar-refractivity contribution >= 4 is 11.6 Å². The monoisotopic (exact) mass is 248 g/mol. The van der Waals surface area contributed by atoms with Crippen molar-refractivity contribution in [3.63, 3.8) is 0 Å². The first kappa shape index (κ1) is 13.1. The zero-order chi connectivity index (χ0) is 13.2. The van der Waals surface area contributed by atoms with Gasteiger partial charge in [-0.3, -0.25) is 4.79 Å². The molecule has 1 aromatic rings. The summed E-state index contributed by atoms with van der Waals surface area (Å²) in [6.07, 6.45) is 0.999. The summed E-state index contributed by atoms with van der Waals surface area (Å²) in [5, 5.41) is 0. The highest BCUT2D eigenvalue weighted by Gasteiger charge is 2.46. The Morgan fingerprint density at radius 2 is 2.00 bits per heavy atom. The fourth-order valence-electron chi connectivity index (χ4n) is 2.11. The summed E-state index contributed by atoms with van der Waals surface area (Å²) in [7, 11) is 1.79. The Morgan fingerprint density at radius 1 is 1.39 bits per heavy atom. The molecule has 4 nitrogen and oxygen atoms in total. The summed E-state index contributed by atoms with van der Waals surface area (Å²) < 4.78 is 5.15. The predicted octanol–water partition coefficient (Wildman–Crippen LogP) is 1.19. The Morgan fingerprint density at radius 3 is 2.39 bits per heavy atom. The third-order valence-electron chi connectivity index (χ3n) is 3.64. The second-order valence-corrected chi connectivity index (χ2v) is 4.86. The summed E-state index contributed by atoms with van der Waals surface area (Å²) in [5.41, 5.74) is 7.35. The van der Waals surface area contributed by atoms with E-state index in [-0.39, 0.29) is 5.91 Å². The molecule has 0 spiro atoms. The van der Waals surface area contributed by atoms with E-state index in [0.29, 0.717) is 19.8 Å². The second-order valence-electron chi connectivity index (χ2n) is 4.86. The molecule has 0 aromatic heterocycles. The van der Waals surface area contributed by atoms with E-state index in [0.717, 1.165) is 12.1 Å². The highest BCUT2D eigenvalue weighted by Crippen LogP contribution is 2.30. The molecule has 1 amide bonds. The first-order valence-electron chi connectivity index (χ1n) is 6.28. The quantitative estimate of drug-likeness (QED) is 0.870. The second kappa shape index (κ2) is 5.08. The van der Waals surface area contributed by atoms with Gasteiger partial charge in [-0.15, -0.1) is 0 Å². The van der Waals surface area contributed by atoms with Gasteiger partial charge in [-0.25, -0.2) is 0 Å². The Kier molecular flexibility index (Phi) is 3.68. The third kappa shape index (κ3) is 2.13. The molecule has 1 saturated heterocycles. The maximum atomic E-state index is 12.4. The maximum Gasteiger partial charge on any atom is 0.238 e. The minimum absolute atomic E-state index is 0.0421. The summed E-state index contributed by atoms with van der Waals surface area (Å²) in [6, 6.07) is 8.04. The molecule has 18 heavy (non-hydrogen) atoms. The molecule has 98 valence electrons. The van der Waals surface area contributed by atoms with Crippen molar-refractivity contribution < 1.29 is 9.53 Å². The smallest absolute Gasteiger partial charge is 0.238 e. The molecular formula is C14H20N2O2. The van der Waals surface area contributed by atoms with Crippen LogP contribution >= 0.6 is 0 Å². The van der Waals surface area contributed by atoms with E-state index < -0.39 is 5.41 Å². The van der Waals surface area contributed by atoms with E-state index in [1.54, 1.807) is 11.9 Å². The fourth-order valence-corrected chi connectivity index (χ4v) is 2.11. The van der Waals surface area contributed by atoms with Crippen molar-refractivity contribution in [1.82, 2.24) is 0 Å². The molecular weight excluding hydrogens is 228 g/mol. The highest BCUT2D eigenvalue weighted by molar-refractivity contribution is 5.98. The zero-order valence-electron chi connectivity index (χ0n) is 11.0. The van der Waals surface area contributed by atoms with E-state index in [4.69, 9.17) is 10.5 Å². The first-order valence-corrected chi connectivity index (χ1v) is 6.28. The van der Waals surface area contributed by atoms with Crippen LogP contribution in [0.3, 0.4) is 0 Å². The van der Waals surface area contributed by atoms with Crippen molar-refractivity contribution in [1.29, 1.82) is 0 Å². The average Bonchev–Trinajstić information content (AvgIpc) is 2.37. The van der Waals surface area contributed by atoms with Crippen LogP contribution in [0.4, 0.5) is 5.69 Å². The largest absolute Gasteiger partial charge is 0.379 e. The van der Waals surface area contributed by atoms with Crippen LogP contribution in [0.5, 0.6) is 0 Å². The summed E-state index contributed by atoms with van der Waals surface area (Å²) in [6.45, 7) is 3.31. The number of nitrogens with zero attached hydrogens (tertiary/aromatic N) is 1. The average molecular weight is 248 g/mol. The van der Waals surface area contributed by atoms with E-state index in [1.165, 1.54) is 5.56 Å². The lowest BCUT2D eigenvalue weighted by Gasteiger charge is -2.41. The summed E-state index contributed by atoms with van der Waals surface area (Å²) >= 11 is 0. The van der Waals surface area contributed by atoms with Gasteiger partial charge in [0.2, 0.25) is 5.91 Å². The molecule has 1 aliphatic heterocycles. The number of nitrogens with two attached hydrogens (primary N) is 1. The first-order chi connectivity index (χ1) is 8.63. The Bertz CT molecular complexity index is 418. The van der Waals surface area contributed by atoms with Crippen molar-refractivity contribution in [3.05, 3.63) is 29.8 Å². The van der Waals surface area contributed by atoms with E-state index in [1.807, 2.05) is 24.3 Å². The number of ether oxygens (including phenoxy) is 1. The van der Waals surface area contributed by atoms with E-state index in [9.17, 15) is 4.79 Å². The standard InChI is InChI=1S/C14H20N2O2/c1-3-11-4-6-12(7-5-11)16(2)13(17)14(8-15)9-18-10-14/h4-7H,3,8-10,15H2,1-2H3. The van der Waals surface area contributed by atoms with Gasteiger partial charge in [0, 0.05) is 19.3 Å². The summed E-state index contributed by atoms with van der Waals surface area (Å²) in [5.74, 6) is 0.0421. The molecule has 0 bridgehead atoms. The number of carbonyl (C=O) groups is 1. The van der Waals surface area contributed by atoms with Crippen LogP contribution in [0.15, 0.2) is 24.3 Å². The minimum atomic E-state index is -0.516. The van der Waals surface area contributed by atoms with Gasteiger partial charge in [-0.05, 0) is 24.1 Å². The molecule has 2 rings (SSSR count). The van der Waals surface area contributed by atoms with Crippen LogP contribution in [-0.2, 0) is 16.0 Å². The highest BCUT2D eigenvalue weighted by atomic mass is 16.5. The molecule has 2 N–H and O–H groups in total. The lowest BCUT2D eigenvalue weighted by molar-refractivity contribution is -0.156. The van der Waals surface area contributed by atoms with Crippen LogP contribution in [-0.4, -0.2) is 32.7 Å². The molecule has 1 aromatic carbocycles. The number of anilines is 1. The van der Waals surface area contributed by atoms with Gasteiger partial charge in [-0.1, -0.05) is 19.1 Å². The van der Waals surface area contributed by atoms with Crippen LogP contribution in [0.1, 0.15) is 12.5 Å². The van der Waals surface area contributed by atoms with Crippen molar-refractivity contribution in [2.24, 2.45) is 11.1 Å². The zero-order valence-corrected chi connectivity index (χ0v) is 11.0. The van der Waals surface area contributed by atoms with Gasteiger partial charge in [-0.2, -0.15) is 0 Å². The number of amides is 1. The van der Waals surface area contributed by atoms with Crippen LogP contribution < -0.4 is 10.6 Å². The Labute approximate surface area is 108 Å². The Hall–Kier alpha value is -1.39. The van der Waals surface area contributed by atoms with Crippen molar-refractivity contribution in [2.75, 3.05) is 31.7 Å². The van der Waals surface area contributed by atoms with Gasteiger partial charge < -0.3 is 15.4 Å². The number of hydrogen-bond acceptors (Lipinski definition) is 3. The minimum Gasteiger partial charge on any atom is -0.379 e. The van der Waals surface area contributed by atoms with Gasteiger partial charge >= 0.3 is 0 Å². The Balaban J connectivity index is 2.14. The lowest BCUT2D eigenvalue weighted by atomic mass is 9.84. The van der Waals surface area contributed by atoms with Crippen molar-refractivity contribution in [2.45, 2.75) is 13.3 Å². The number of aryl methyl sites for hydroxylation is 1. The lowest BCUT2D eigenvalue weighted by Crippen LogP contribution is -2.58. The molecule has 0 radical (unpaired) electrons. The summed E-state index contributed by atoms with van der Waals surface area (Å²) in [4.78, 5) is 14.1. The number of carbonyl (C=O) groups excluding carboxylic acids is 1. The molecule has 4 heteroatoms. The SMILES string of the molecule is CCc1ccc(N(C)C(=O)C2(CN)COC2)cc1. The van der Waals surface area contributed by atoms with Gasteiger partial charge in [0.1, 0.15) is 5.41 Å². The maximum absolute atomic E-state index is 12.4. The molecule has 0 aliphatic carbocycles. The topological polar surface area (TPSA) is 55.6 Å². The van der Waals surface area contributed by atoms with E-state index in [2.05, 4.69) is 6.92 Å². The van der Waals surface area contributed by atoms with Gasteiger partial charge in [0.15, 0.2) is 0 Å². The molecule has 1 aliphatic rings. The number of rotatable bonds is 4. The molecule has 0 saturated carbocycles. The van der Waals surface area contributed by atoms with Crippen LogP contribution in [0.25, 0.3) is 0 Å². The van der Waals surface area contributed by atoms with E-state index >= 15 is 0 Å². The molecule has 1 fully saturated rings.